The molecule has 0 atom stereocenters. The van der Waals surface area contributed by atoms with Crippen molar-refractivity contribution in [3.05, 3.63) is 28.2 Å². The van der Waals surface area contributed by atoms with Crippen LogP contribution in [0.1, 0.15) is 12.0 Å². The van der Waals surface area contributed by atoms with Crippen molar-refractivity contribution in [1.82, 2.24) is 0 Å². The summed E-state index contributed by atoms with van der Waals surface area (Å²) in [5, 5.41) is 0. The lowest BCUT2D eigenvalue weighted by molar-refractivity contribution is 0.288. The molecule has 0 unspecified atom stereocenters. The van der Waals surface area contributed by atoms with Crippen LogP contribution in [0, 0.1) is 0 Å². The Bertz CT molecular complexity index is 293. The molecule has 0 fully saturated rings. The summed E-state index contributed by atoms with van der Waals surface area (Å²) in [6, 6.07) is 5.64. The Labute approximate surface area is 91.4 Å². The van der Waals surface area contributed by atoms with Crippen LogP contribution in [-0.2, 0) is 6.54 Å². The molecule has 0 heterocycles. The van der Waals surface area contributed by atoms with Crippen molar-refractivity contribution in [3.63, 3.8) is 0 Å². The lowest BCUT2D eigenvalue weighted by Gasteiger charge is -2.08. The third-order valence-corrected chi connectivity index (χ3v) is 2.39. The molecule has 4 heteroatoms. The molecule has 0 amide bonds. The number of ether oxygens (including phenoxy) is 1. The van der Waals surface area contributed by atoms with Crippen LogP contribution >= 0.6 is 15.9 Å². The molecule has 0 radical (unpaired) electrons. The van der Waals surface area contributed by atoms with Crippen molar-refractivity contribution >= 4 is 15.9 Å². The molecule has 78 valence electrons. The third-order valence-electron chi connectivity index (χ3n) is 1.77. The van der Waals surface area contributed by atoms with Crippen molar-refractivity contribution in [2.75, 3.05) is 13.3 Å². The first-order valence-corrected chi connectivity index (χ1v) is 5.24. The van der Waals surface area contributed by atoms with Crippen LogP contribution in [0.25, 0.3) is 0 Å². The van der Waals surface area contributed by atoms with E-state index in [2.05, 4.69) is 15.9 Å². The zero-order valence-corrected chi connectivity index (χ0v) is 9.39. The monoisotopic (exact) mass is 261 g/mol. The normalized spacial score (nSPS) is 10.2. The lowest BCUT2D eigenvalue weighted by Crippen LogP contribution is -2.00. The second-order valence-electron chi connectivity index (χ2n) is 2.86. The molecule has 0 saturated heterocycles. The highest BCUT2D eigenvalue weighted by molar-refractivity contribution is 9.10. The summed E-state index contributed by atoms with van der Waals surface area (Å²) in [5.74, 6) is 0.732. The highest BCUT2D eigenvalue weighted by Crippen LogP contribution is 2.25. The molecule has 2 N–H and O–H groups in total. The Hall–Kier alpha value is -0.610. The zero-order valence-electron chi connectivity index (χ0n) is 7.80. The van der Waals surface area contributed by atoms with E-state index in [1.807, 2.05) is 18.2 Å². The van der Waals surface area contributed by atoms with E-state index in [4.69, 9.17) is 10.5 Å². The number of alkyl halides is 1. The first-order chi connectivity index (χ1) is 6.77. The van der Waals surface area contributed by atoms with Crippen LogP contribution in [-0.4, -0.2) is 13.3 Å². The lowest BCUT2D eigenvalue weighted by atomic mass is 10.2. The fourth-order valence-electron chi connectivity index (χ4n) is 1.03. The Morgan fingerprint density at radius 3 is 2.79 bits per heavy atom. The summed E-state index contributed by atoms with van der Waals surface area (Å²) >= 11 is 3.37. The molecular weight excluding hydrogens is 249 g/mol. The smallest absolute Gasteiger partial charge is 0.133 e. The average molecular weight is 262 g/mol. The molecule has 1 rings (SSSR count). The van der Waals surface area contributed by atoms with Crippen molar-refractivity contribution in [2.24, 2.45) is 5.73 Å². The Morgan fingerprint density at radius 1 is 1.43 bits per heavy atom. The van der Waals surface area contributed by atoms with Gasteiger partial charge in [0.1, 0.15) is 5.75 Å². The second-order valence-corrected chi connectivity index (χ2v) is 3.71. The first-order valence-electron chi connectivity index (χ1n) is 4.45. The second kappa shape index (κ2) is 5.98. The van der Waals surface area contributed by atoms with Crippen LogP contribution in [0.2, 0.25) is 0 Å². The molecule has 0 spiro atoms. The molecular formula is C10H13BrFNO. The van der Waals surface area contributed by atoms with E-state index in [9.17, 15) is 4.39 Å². The molecule has 14 heavy (non-hydrogen) atoms. The summed E-state index contributed by atoms with van der Waals surface area (Å²) in [4.78, 5) is 0. The zero-order chi connectivity index (χ0) is 10.4. The van der Waals surface area contributed by atoms with Crippen LogP contribution in [0.5, 0.6) is 5.75 Å². The van der Waals surface area contributed by atoms with Gasteiger partial charge < -0.3 is 10.5 Å². The van der Waals surface area contributed by atoms with Gasteiger partial charge in [-0.1, -0.05) is 6.07 Å². The molecule has 0 aliphatic heterocycles. The highest BCUT2D eigenvalue weighted by atomic mass is 79.9. The molecule has 0 aliphatic carbocycles. The average Bonchev–Trinajstić information content (AvgIpc) is 2.20. The summed E-state index contributed by atoms with van der Waals surface area (Å²) in [5.41, 5.74) is 6.52. The first kappa shape index (κ1) is 11.5. The summed E-state index contributed by atoms with van der Waals surface area (Å²) in [6.45, 7) is 0.554. The minimum absolute atomic E-state index is 0.349. The van der Waals surface area contributed by atoms with Gasteiger partial charge >= 0.3 is 0 Å². The number of rotatable bonds is 5. The largest absolute Gasteiger partial charge is 0.492 e. The quantitative estimate of drug-likeness (QED) is 0.828. The number of halogens is 2. The van der Waals surface area contributed by atoms with Crippen LogP contribution in [0.4, 0.5) is 4.39 Å². The standard InChI is InChI=1S/C10H13BrFNO/c11-9-6-8(7-13)2-3-10(9)14-5-1-4-12/h2-3,6H,1,4-5,7,13H2. The topological polar surface area (TPSA) is 35.2 Å². The molecule has 0 bridgehead atoms. The van der Waals surface area contributed by atoms with E-state index >= 15 is 0 Å². The van der Waals surface area contributed by atoms with Gasteiger partial charge in [-0.15, -0.1) is 0 Å². The maximum Gasteiger partial charge on any atom is 0.133 e. The molecule has 0 saturated carbocycles. The minimum Gasteiger partial charge on any atom is -0.492 e. The van der Waals surface area contributed by atoms with Gasteiger partial charge in [0.2, 0.25) is 0 Å². The van der Waals surface area contributed by atoms with Gasteiger partial charge in [0, 0.05) is 13.0 Å². The number of benzene rings is 1. The van der Waals surface area contributed by atoms with Gasteiger partial charge in [-0.25, -0.2) is 0 Å². The van der Waals surface area contributed by atoms with Crippen molar-refractivity contribution in [2.45, 2.75) is 13.0 Å². The van der Waals surface area contributed by atoms with E-state index in [1.165, 1.54) is 0 Å². The Kier molecular flexibility index (Phi) is 4.90. The molecule has 2 nitrogen and oxygen atoms in total. The van der Waals surface area contributed by atoms with Crippen LogP contribution in [0.3, 0.4) is 0 Å². The van der Waals surface area contributed by atoms with Crippen molar-refractivity contribution < 1.29 is 9.13 Å². The van der Waals surface area contributed by atoms with Gasteiger partial charge in [0.25, 0.3) is 0 Å². The van der Waals surface area contributed by atoms with E-state index < -0.39 is 0 Å². The maximum atomic E-state index is 11.8. The van der Waals surface area contributed by atoms with Gasteiger partial charge in [0.05, 0.1) is 17.8 Å². The summed E-state index contributed by atoms with van der Waals surface area (Å²) < 4.78 is 18.0. The number of hydrogen-bond donors (Lipinski definition) is 1. The molecule has 0 aliphatic rings. The van der Waals surface area contributed by atoms with Gasteiger partial charge in [0.15, 0.2) is 0 Å². The van der Waals surface area contributed by atoms with E-state index in [1.54, 1.807) is 0 Å². The number of hydrogen-bond acceptors (Lipinski definition) is 2. The fourth-order valence-corrected chi connectivity index (χ4v) is 1.57. The van der Waals surface area contributed by atoms with Gasteiger partial charge in [-0.2, -0.15) is 0 Å². The van der Waals surface area contributed by atoms with Crippen LogP contribution < -0.4 is 10.5 Å². The Morgan fingerprint density at radius 2 is 2.21 bits per heavy atom. The molecule has 0 aromatic heterocycles. The molecule has 1 aromatic rings. The van der Waals surface area contributed by atoms with E-state index in [0.717, 1.165) is 15.8 Å². The maximum absolute atomic E-state index is 11.8. The van der Waals surface area contributed by atoms with E-state index in [-0.39, 0.29) is 6.67 Å². The SMILES string of the molecule is NCc1ccc(OCCCF)c(Br)c1. The predicted octanol–water partition coefficient (Wildman–Crippen LogP) is 2.65. The number of nitrogens with two attached hydrogens (primary N) is 1. The third kappa shape index (κ3) is 3.27. The summed E-state index contributed by atoms with van der Waals surface area (Å²) in [6.07, 6.45) is 0.422. The fraction of sp³-hybridized carbons (Fsp3) is 0.400. The highest BCUT2D eigenvalue weighted by Gasteiger charge is 2.01. The van der Waals surface area contributed by atoms with Crippen molar-refractivity contribution in [3.8, 4) is 5.75 Å². The predicted molar refractivity (Wildman–Crippen MR) is 58.1 cm³/mol. The van der Waals surface area contributed by atoms with Crippen molar-refractivity contribution in [1.29, 1.82) is 0 Å². The summed E-state index contributed by atoms with van der Waals surface area (Å²) in [7, 11) is 0. The van der Waals surface area contributed by atoms with Gasteiger partial charge in [-0.3, -0.25) is 4.39 Å². The van der Waals surface area contributed by atoms with Crippen LogP contribution in [0.15, 0.2) is 22.7 Å². The Balaban J connectivity index is 2.59. The minimum atomic E-state index is -0.349. The van der Waals surface area contributed by atoms with E-state index in [0.29, 0.717) is 19.6 Å². The molecule has 1 aromatic carbocycles. The van der Waals surface area contributed by atoms with Gasteiger partial charge in [-0.05, 0) is 33.6 Å².